The number of hydrogen-bond acceptors (Lipinski definition) is 2. The highest BCUT2D eigenvalue weighted by Gasteiger charge is 2.03. The van der Waals surface area contributed by atoms with Gasteiger partial charge in [0.1, 0.15) is 18.6 Å². The van der Waals surface area contributed by atoms with E-state index < -0.39 is 11.6 Å². The Kier molecular flexibility index (Phi) is 3.67. The maximum atomic E-state index is 12.9. The van der Waals surface area contributed by atoms with E-state index in [1.807, 2.05) is 0 Å². The molecular weight excluding hydrogens is 238 g/mol. The fourth-order valence-electron chi connectivity index (χ4n) is 1.43. The van der Waals surface area contributed by atoms with Crippen molar-refractivity contribution in [1.82, 2.24) is 0 Å². The van der Waals surface area contributed by atoms with Gasteiger partial charge in [-0.25, -0.2) is 8.78 Å². The van der Waals surface area contributed by atoms with Gasteiger partial charge < -0.3 is 4.74 Å². The summed E-state index contributed by atoms with van der Waals surface area (Å²) < 4.78 is 30.9. The standard InChI is InChI=1S/C14H10F2O2/c15-13-6-5-12(7-14(13)16)18-9-11-3-1-10(8-17)2-4-11/h1-8H,9H2. The molecular formula is C14H10F2O2. The summed E-state index contributed by atoms with van der Waals surface area (Å²) >= 11 is 0. The molecule has 2 aromatic carbocycles. The number of hydrogen-bond donors (Lipinski definition) is 0. The third-order valence-corrected chi connectivity index (χ3v) is 2.41. The van der Waals surface area contributed by atoms with Crippen molar-refractivity contribution in [2.24, 2.45) is 0 Å². The molecule has 0 radical (unpaired) electrons. The Labute approximate surface area is 103 Å². The van der Waals surface area contributed by atoms with Crippen LogP contribution < -0.4 is 4.74 Å². The minimum absolute atomic E-state index is 0.226. The first-order valence-corrected chi connectivity index (χ1v) is 5.31. The quantitative estimate of drug-likeness (QED) is 0.775. The summed E-state index contributed by atoms with van der Waals surface area (Å²) in [5, 5.41) is 0. The summed E-state index contributed by atoms with van der Waals surface area (Å²) in [5.74, 6) is -1.59. The van der Waals surface area contributed by atoms with Crippen LogP contribution in [0.2, 0.25) is 0 Å². The summed E-state index contributed by atoms with van der Waals surface area (Å²) in [5.41, 5.74) is 1.41. The van der Waals surface area contributed by atoms with Crippen LogP contribution in [0.4, 0.5) is 8.78 Å². The van der Waals surface area contributed by atoms with E-state index in [2.05, 4.69) is 0 Å². The van der Waals surface area contributed by atoms with Crippen LogP contribution in [-0.2, 0) is 6.61 Å². The molecule has 92 valence electrons. The predicted octanol–water partition coefficient (Wildman–Crippen LogP) is 3.36. The highest BCUT2D eigenvalue weighted by molar-refractivity contribution is 5.74. The van der Waals surface area contributed by atoms with Crippen LogP contribution in [0.25, 0.3) is 0 Å². The lowest BCUT2D eigenvalue weighted by atomic mass is 10.2. The topological polar surface area (TPSA) is 26.3 Å². The fraction of sp³-hybridized carbons (Fsp3) is 0.0714. The number of carbonyl (C=O) groups excluding carboxylic acids is 1. The largest absolute Gasteiger partial charge is 0.489 e. The molecule has 0 aliphatic rings. The molecule has 0 aliphatic heterocycles. The first kappa shape index (κ1) is 12.2. The van der Waals surface area contributed by atoms with Crippen LogP contribution in [0.5, 0.6) is 5.75 Å². The number of carbonyl (C=O) groups is 1. The minimum Gasteiger partial charge on any atom is -0.489 e. The van der Waals surface area contributed by atoms with E-state index in [1.165, 1.54) is 6.07 Å². The van der Waals surface area contributed by atoms with E-state index in [1.54, 1.807) is 24.3 Å². The van der Waals surface area contributed by atoms with E-state index in [9.17, 15) is 13.6 Å². The second-order valence-corrected chi connectivity index (χ2v) is 3.72. The molecule has 0 N–H and O–H groups in total. The average molecular weight is 248 g/mol. The third-order valence-electron chi connectivity index (χ3n) is 2.41. The van der Waals surface area contributed by atoms with Crippen molar-refractivity contribution < 1.29 is 18.3 Å². The predicted molar refractivity (Wildman–Crippen MR) is 62.5 cm³/mol. The number of halogens is 2. The molecule has 0 amide bonds. The molecule has 0 saturated carbocycles. The van der Waals surface area contributed by atoms with Crippen LogP contribution in [-0.4, -0.2) is 6.29 Å². The molecule has 2 rings (SSSR count). The molecule has 2 aromatic rings. The van der Waals surface area contributed by atoms with E-state index in [-0.39, 0.29) is 12.4 Å². The Morgan fingerprint density at radius 1 is 1.00 bits per heavy atom. The molecule has 0 aliphatic carbocycles. The van der Waals surface area contributed by atoms with Crippen LogP contribution in [0.1, 0.15) is 15.9 Å². The molecule has 0 aromatic heterocycles. The smallest absolute Gasteiger partial charge is 0.162 e. The Morgan fingerprint density at radius 3 is 2.33 bits per heavy atom. The van der Waals surface area contributed by atoms with Crippen molar-refractivity contribution in [1.29, 1.82) is 0 Å². The summed E-state index contributed by atoms with van der Waals surface area (Å²) in [4.78, 5) is 10.5. The summed E-state index contributed by atoms with van der Waals surface area (Å²) in [6.45, 7) is 0.226. The highest BCUT2D eigenvalue weighted by Crippen LogP contribution is 2.16. The van der Waals surface area contributed by atoms with E-state index in [4.69, 9.17) is 4.74 Å². The molecule has 0 heterocycles. The highest BCUT2D eigenvalue weighted by atomic mass is 19.2. The van der Waals surface area contributed by atoms with Crippen molar-refractivity contribution in [3.63, 3.8) is 0 Å². The fourth-order valence-corrected chi connectivity index (χ4v) is 1.43. The molecule has 4 heteroatoms. The maximum Gasteiger partial charge on any atom is 0.162 e. The summed E-state index contributed by atoms with van der Waals surface area (Å²) in [6.07, 6.45) is 0.750. The van der Waals surface area contributed by atoms with Gasteiger partial charge >= 0.3 is 0 Å². The monoisotopic (exact) mass is 248 g/mol. The molecule has 0 fully saturated rings. The molecule has 18 heavy (non-hydrogen) atoms. The van der Waals surface area contributed by atoms with Gasteiger partial charge in [0.2, 0.25) is 0 Å². The average Bonchev–Trinajstić information content (AvgIpc) is 2.41. The first-order valence-electron chi connectivity index (χ1n) is 5.31. The second kappa shape index (κ2) is 5.40. The lowest BCUT2D eigenvalue weighted by Crippen LogP contribution is -1.96. The third kappa shape index (κ3) is 2.91. The molecule has 0 unspecified atom stereocenters. The lowest BCUT2D eigenvalue weighted by molar-refractivity contribution is 0.112. The summed E-state index contributed by atoms with van der Waals surface area (Å²) in [7, 11) is 0. The van der Waals surface area contributed by atoms with Gasteiger partial charge in [0, 0.05) is 11.6 Å². The van der Waals surface area contributed by atoms with E-state index in [0.717, 1.165) is 24.0 Å². The maximum absolute atomic E-state index is 12.9. The van der Waals surface area contributed by atoms with Gasteiger partial charge in [0.15, 0.2) is 11.6 Å². The van der Waals surface area contributed by atoms with Gasteiger partial charge in [0.25, 0.3) is 0 Å². The molecule has 0 saturated heterocycles. The van der Waals surface area contributed by atoms with Crippen molar-refractivity contribution in [3.8, 4) is 5.75 Å². The van der Waals surface area contributed by atoms with Gasteiger partial charge in [0.05, 0.1) is 0 Å². The van der Waals surface area contributed by atoms with Crippen LogP contribution in [0.3, 0.4) is 0 Å². The SMILES string of the molecule is O=Cc1ccc(COc2ccc(F)c(F)c2)cc1. The number of benzene rings is 2. The first-order chi connectivity index (χ1) is 8.69. The van der Waals surface area contributed by atoms with Crippen molar-refractivity contribution in [2.45, 2.75) is 6.61 Å². The minimum atomic E-state index is -0.941. The summed E-state index contributed by atoms with van der Waals surface area (Å²) in [6, 6.07) is 10.2. The molecule has 0 bridgehead atoms. The Balaban J connectivity index is 2.01. The van der Waals surface area contributed by atoms with Gasteiger partial charge in [-0.3, -0.25) is 4.79 Å². The van der Waals surface area contributed by atoms with E-state index in [0.29, 0.717) is 5.56 Å². The van der Waals surface area contributed by atoms with Crippen LogP contribution in [0, 0.1) is 11.6 Å². The molecule has 0 spiro atoms. The van der Waals surface area contributed by atoms with Gasteiger partial charge in [-0.15, -0.1) is 0 Å². The van der Waals surface area contributed by atoms with Crippen molar-refractivity contribution in [2.75, 3.05) is 0 Å². The van der Waals surface area contributed by atoms with Gasteiger partial charge in [-0.05, 0) is 17.7 Å². The van der Waals surface area contributed by atoms with Crippen LogP contribution in [0.15, 0.2) is 42.5 Å². The zero-order valence-corrected chi connectivity index (χ0v) is 9.40. The van der Waals surface area contributed by atoms with Crippen molar-refractivity contribution in [3.05, 3.63) is 65.2 Å². The normalized spacial score (nSPS) is 10.1. The van der Waals surface area contributed by atoms with Crippen molar-refractivity contribution >= 4 is 6.29 Å². The lowest BCUT2D eigenvalue weighted by Gasteiger charge is -2.06. The second-order valence-electron chi connectivity index (χ2n) is 3.72. The number of rotatable bonds is 4. The number of aldehydes is 1. The van der Waals surface area contributed by atoms with Gasteiger partial charge in [-0.1, -0.05) is 24.3 Å². The Bertz CT molecular complexity index is 550. The zero-order chi connectivity index (χ0) is 13.0. The van der Waals surface area contributed by atoms with E-state index >= 15 is 0 Å². The Hall–Kier alpha value is -2.23. The zero-order valence-electron chi connectivity index (χ0n) is 9.40. The number of ether oxygens (including phenoxy) is 1. The van der Waals surface area contributed by atoms with Crippen LogP contribution >= 0.6 is 0 Å². The Morgan fingerprint density at radius 2 is 1.72 bits per heavy atom. The molecule has 0 atom stereocenters. The van der Waals surface area contributed by atoms with Gasteiger partial charge in [-0.2, -0.15) is 0 Å². The molecule has 2 nitrogen and oxygen atoms in total.